The van der Waals surface area contributed by atoms with Crippen molar-refractivity contribution in [3.63, 3.8) is 0 Å². The molecule has 0 bridgehead atoms. The summed E-state index contributed by atoms with van der Waals surface area (Å²) in [5.41, 5.74) is 1.22. The van der Waals surface area contributed by atoms with Gasteiger partial charge in [0.2, 0.25) is 0 Å². The molecule has 8 heteroatoms. The van der Waals surface area contributed by atoms with Gasteiger partial charge in [-0.25, -0.2) is 12.8 Å². The summed E-state index contributed by atoms with van der Waals surface area (Å²) in [5.74, 6) is -0.560. The van der Waals surface area contributed by atoms with Crippen LogP contribution in [0.3, 0.4) is 0 Å². The zero-order chi connectivity index (χ0) is 20.3. The third-order valence-corrected chi connectivity index (χ3v) is 6.85. The molecule has 1 aliphatic rings. The highest BCUT2D eigenvalue weighted by atomic mass is 35.5. The molecule has 5 nitrogen and oxygen atoms in total. The molecule has 1 amide bonds. The second-order valence-corrected chi connectivity index (χ2v) is 9.52. The number of halogens is 2. The van der Waals surface area contributed by atoms with Crippen LogP contribution < -0.4 is 4.74 Å². The van der Waals surface area contributed by atoms with Crippen LogP contribution in [-0.2, 0) is 21.2 Å². The van der Waals surface area contributed by atoms with Gasteiger partial charge in [0.1, 0.15) is 11.6 Å². The number of nitrogens with zero attached hydrogens (tertiary/aromatic N) is 1. The van der Waals surface area contributed by atoms with E-state index < -0.39 is 27.6 Å². The van der Waals surface area contributed by atoms with Gasteiger partial charge < -0.3 is 9.64 Å². The highest BCUT2D eigenvalue weighted by molar-refractivity contribution is 7.91. The Morgan fingerprint density at radius 3 is 2.57 bits per heavy atom. The number of hydrogen-bond acceptors (Lipinski definition) is 4. The zero-order valence-corrected chi connectivity index (χ0v) is 17.0. The van der Waals surface area contributed by atoms with Crippen LogP contribution in [0.4, 0.5) is 4.39 Å². The highest BCUT2D eigenvalue weighted by Crippen LogP contribution is 2.25. The number of aryl methyl sites for hydroxylation is 1. The smallest absolute Gasteiger partial charge is 0.261 e. The van der Waals surface area contributed by atoms with E-state index in [1.54, 1.807) is 12.1 Å². The third kappa shape index (κ3) is 5.02. The molecular formula is C20H21ClFNO4S. The van der Waals surface area contributed by atoms with Gasteiger partial charge in [0.05, 0.1) is 18.1 Å². The molecule has 150 valence electrons. The topological polar surface area (TPSA) is 63.7 Å². The van der Waals surface area contributed by atoms with Gasteiger partial charge in [-0.3, -0.25) is 4.79 Å². The van der Waals surface area contributed by atoms with E-state index in [0.29, 0.717) is 12.2 Å². The van der Waals surface area contributed by atoms with Crippen molar-refractivity contribution in [2.45, 2.75) is 25.9 Å². The number of rotatable bonds is 6. The Hall–Kier alpha value is -2.12. The standard InChI is InChI=1S/C20H21ClFNO4S/c1-14-5-7-16(8-6-14)27-12-20(24)23(15-9-10-28(25,26)13-15)11-17-18(21)3-2-4-19(17)22/h2-8,15H,9-13H2,1H3/t15-/m0/s1. The van der Waals surface area contributed by atoms with Gasteiger partial charge in [-0.05, 0) is 37.6 Å². The predicted molar refractivity (Wildman–Crippen MR) is 106 cm³/mol. The minimum Gasteiger partial charge on any atom is -0.484 e. The molecule has 0 aliphatic carbocycles. The maximum absolute atomic E-state index is 14.2. The van der Waals surface area contributed by atoms with E-state index in [2.05, 4.69) is 0 Å². The van der Waals surface area contributed by atoms with E-state index in [4.69, 9.17) is 16.3 Å². The van der Waals surface area contributed by atoms with E-state index in [9.17, 15) is 17.6 Å². The van der Waals surface area contributed by atoms with Crippen molar-refractivity contribution in [3.8, 4) is 5.75 Å². The zero-order valence-electron chi connectivity index (χ0n) is 15.4. The van der Waals surface area contributed by atoms with E-state index in [-0.39, 0.29) is 35.2 Å². The van der Waals surface area contributed by atoms with Gasteiger partial charge >= 0.3 is 0 Å². The van der Waals surface area contributed by atoms with Gasteiger partial charge in [-0.2, -0.15) is 0 Å². The van der Waals surface area contributed by atoms with Crippen LogP contribution in [0.5, 0.6) is 5.75 Å². The summed E-state index contributed by atoms with van der Waals surface area (Å²) in [6.45, 7) is 1.56. The van der Waals surface area contributed by atoms with Crippen LogP contribution in [0.2, 0.25) is 5.02 Å². The van der Waals surface area contributed by atoms with Crippen LogP contribution in [0.25, 0.3) is 0 Å². The Bertz CT molecular complexity index is 942. The second kappa shape index (κ2) is 8.49. The predicted octanol–water partition coefficient (Wildman–Crippen LogP) is 3.38. The molecule has 1 fully saturated rings. The highest BCUT2D eigenvalue weighted by Gasteiger charge is 2.35. The molecule has 2 aromatic carbocycles. The molecule has 0 unspecified atom stereocenters. The van der Waals surface area contributed by atoms with Gasteiger partial charge in [-0.1, -0.05) is 35.4 Å². The molecule has 1 saturated heterocycles. The van der Waals surface area contributed by atoms with E-state index in [1.807, 2.05) is 19.1 Å². The number of carbonyl (C=O) groups excluding carboxylic acids is 1. The first-order valence-corrected chi connectivity index (χ1v) is 11.1. The Morgan fingerprint density at radius 1 is 1.25 bits per heavy atom. The molecule has 28 heavy (non-hydrogen) atoms. The van der Waals surface area contributed by atoms with Crippen molar-refractivity contribution < 1.29 is 22.3 Å². The fourth-order valence-electron chi connectivity index (χ4n) is 3.16. The molecule has 0 saturated carbocycles. The first-order chi connectivity index (χ1) is 13.2. The average molecular weight is 426 g/mol. The van der Waals surface area contributed by atoms with Gasteiger partial charge in [0.15, 0.2) is 16.4 Å². The molecule has 0 spiro atoms. The van der Waals surface area contributed by atoms with Crippen LogP contribution in [-0.4, -0.2) is 43.4 Å². The summed E-state index contributed by atoms with van der Waals surface area (Å²) < 4.78 is 43.6. The lowest BCUT2D eigenvalue weighted by Gasteiger charge is -2.29. The molecule has 3 rings (SSSR count). The van der Waals surface area contributed by atoms with Crippen molar-refractivity contribution in [2.24, 2.45) is 0 Å². The van der Waals surface area contributed by atoms with Gasteiger partial charge in [0.25, 0.3) is 5.91 Å². The van der Waals surface area contributed by atoms with Crippen molar-refractivity contribution >= 4 is 27.3 Å². The molecule has 1 atom stereocenters. The first kappa shape index (κ1) is 20.6. The molecule has 0 N–H and O–H groups in total. The third-order valence-electron chi connectivity index (χ3n) is 4.74. The molecule has 0 aromatic heterocycles. The number of sulfone groups is 1. The van der Waals surface area contributed by atoms with Crippen molar-refractivity contribution in [1.82, 2.24) is 4.90 Å². The lowest BCUT2D eigenvalue weighted by Crippen LogP contribution is -2.43. The van der Waals surface area contributed by atoms with Crippen LogP contribution in [0.1, 0.15) is 17.5 Å². The Morgan fingerprint density at radius 2 is 1.96 bits per heavy atom. The normalized spacial score (nSPS) is 18.0. The van der Waals surface area contributed by atoms with Crippen LogP contribution in [0, 0.1) is 12.7 Å². The summed E-state index contributed by atoms with van der Waals surface area (Å²) in [6, 6.07) is 11.0. The Balaban J connectivity index is 1.79. The molecular weight excluding hydrogens is 405 g/mol. The van der Waals surface area contributed by atoms with E-state index in [1.165, 1.54) is 23.1 Å². The lowest BCUT2D eigenvalue weighted by atomic mass is 10.1. The fraction of sp³-hybridized carbons (Fsp3) is 0.350. The summed E-state index contributed by atoms with van der Waals surface area (Å²) in [4.78, 5) is 14.2. The summed E-state index contributed by atoms with van der Waals surface area (Å²) >= 11 is 6.10. The van der Waals surface area contributed by atoms with Crippen LogP contribution in [0.15, 0.2) is 42.5 Å². The minimum absolute atomic E-state index is 0.00523. The summed E-state index contributed by atoms with van der Waals surface area (Å²) in [5, 5.41) is 0.193. The first-order valence-electron chi connectivity index (χ1n) is 8.87. The quantitative estimate of drug-likeness (QED) is 0.711. The number of benzene rings is 2. The second-order valence-electron chi connectivity index (χ2n) is 6.88. The molecule has 0 radical (unpaired) electrons. The maximum atomic E-state index is 14.2. The SMILES string of the molecule is Cc1ccc(OCC(=O)N(Cc2c(F)cccc2Cl)[C@H]2CCS(=O)(=O)C2)cc1. The number of carbonyl (C=O) groups is 1. The number of ether oxygens (including phenoxy) is 1. The fourth-order valence-corrected chi connectivity index (χ4v) is 5.11. The number of hydrogen-bond donors (Lipinski definition) is 0. The average Bonchev–Trinajstić information content (AvgIpc) is 3.00. The monoisotopic (exact) mass is 425 g/mol. The largest absolute Gasteiger partial charge is 0.484 e. The summed E-state index contributed by atoms with van der Waals surface area (Å²) in [6.07, 6.45) is 0.310. The summed E-state index contributed by atoms with van der Waals surface area (Å²) in [7, 11) is -3.22. The van der Waals surface area contributed by atoms with Gasteiger partial charge in [0, 0.05) is 16.6 Å². The van der Waals surface area contributed by atoms with Crippen molar-refractivity contribution in [3.05, 3.63) is 64.4 Å². The molecule has 2 aromatic rings. The molecule has 1 heterocycles. The van der Waals surface area contributed by atoms with Crippen molar-refractivity contribution in [1.29, 1.82) is 0 Å². The van der Waals surface area contributed by atoms with Crippen molar-refractivity contribution in [2.75, 3.05) is 18.1 Å². The minimum atomic E-state index is -3.22. The van der Waals surface area contributed by atoms with E-state index in [0.717, 1.165) is 5.56 Å². The maximum Gasteiger partial charge on any atom is 0.261 e. The lowest BCUT2D eigenvalue weighted by molar-refractivity contribution is -0.136. The van der Waals surface area contributed by atoms with Gasteiger partial charge in [-0.15, -0.1) is 0 Å². The molecule has 1 aliphatic heterocycles. The van der Waals surface area contributed by atoms with E-state index >= 15 is 0 Å². The number of amides is 1. The Kier molecular flexibility index (Phi) is 6.25. The Labute approximate surface area is 169 Å². The van der Waals surface area contributed by atoms with Crippen LogP contribution >= 0.6 is 11.6 Å².